The molecule has 0 atom stereocenters. The molecule has 132 valence electrons. The third-order valence-corrected chi connectivity index (χ3v) is 3.00. The van der Waals surface area contributed by atoms with Crippen LogP contribution in [0.15, 0.2) is 61.2 Å². The number of anilines is 1. The summed E-state index contributed by atoms with van der Waals surface area (Å²) in [4.78, 5) is 12.1. The Labute approximate surface area is 142 Å². The number of alkyl halides is 3. The van der Waals surface area contributed by atoms with Gasteiger partial charge < -0.3 is 14.8 Å². The molecule has 0 aliphatic heterocycles. The molecule has 2 aromatic rings. The molecule has 0 unspecified atom stereocenters. The van der Waals surface area contributed by atoms with E-state index < -0.39 is 12.8 Å². The molecule has 0 aliphatic rings. The SMILES string of the molecule is C=CCOc1ccc(C(=O)Nc2ccc(OCC(F)(F)F)cc2)cc1. The van der Waals surface area contributed by atoms with Gasteiger partial charge in [-0.2, -0.15) is 13.2 Å². The lowest BCUT2D eigenvalue weighted by molar-refractivity contribution is -0.153. The van der Waals surface area contributed by atoms with E-state index in [-0.39, 0.29) is 11.7 Å². The van der Waals surface area contributed by atoms with Gasteiger partial charge in [0.2, 0.25) is 0 Å². The van der Waals surface area contributed by atoms with Gasteiger partial charge in [-0.05, 0) is 48.5 Å². The molecule has 0 saturated heterocycles. The molecule has 0 bridgehead atoms. The molecule has 0 radical (unpaired) electrons. The molecule has 1 N–H and O–H groups in total. The summed E-state index contributed by atoms with van der Waals surface area (Å²) in [5.74, 6) is 0.334. The van der Waals surface area contributed by atoms with Gasteiger partial charge in [-0.3, -0.25) is 4.79 Å². The summed E-state index contributed by atoms with van der Waals surface area (Å²) in [6, 6.07) is 12.2. The van der Waals surface area contributed by atoms with E-state index in [9.17, 15) is 18.0 Å². The van der Waals surface area contributed by atoms with Gasteiger partial charge in [0, 0.05) is 11.3 Å². The van der Waals surface area contributed by atoms with E-state index >= 15 is 0 Å². The molecule has 0 fully saturated rings. The number of halogens is 3. The van der Waals surface area contributed by atoms with Crippen LogP contribution in [0.4, 0.5) is 18.9 Å². The third-order valence-electron chi connectivity index (χ3n) is 3.00. The number of carbonyl (C=O) groups is 1. The van der Waals surface area contributed by atoms with Crippen molar-refractivity contribution in [2.24, 2.45) is 0 Å². The van der Waals surface area contributed by atoms with E-state index in [4.69, 9.17) is 4.74 Å². The second-order valence-corrected chi connectivity index (χ2v) is 5.01. The summed E-state index contributed by atoms with van der Waals surface area (Å²) in [6.07, 6.45) is -2.78. The molecule has 0 aliphatic carbocycles. The van der Waals surface area contributed by atoms with Gasteiger partial charge in [0.25, 0.3) is 5.91 Å². The minimum atomic E-state index is -4.39. The van der Waals surface area contributed by atoms with Crippen molar-refractivity contribution in [3.63, 3.8) is 0 Å². The molecule has 25 heavy (non-hydrogen) atoms. The Hall–Kier alpha value is -2.96. The van der Waals surface area contributed by atoms with E-state index in [1.165, 1.54) is 24.3 Å². The van der Waals surface area contributed by atoms with Crippen molar-refractivity contribution in [3.05, 3.63) is 66.7 Å². The standard InChI is InChI=1S/C18H16F3NO3/c1-2-11-24-15-7-3-13(4-8-15)17(23)22-14-5-9-16(10-6-14)25-12-18(19,20)21/h2-10H,1,11-12H2,(H,22,23). The fourth-order valence-corrected chi connectivity index (χ4v) is 1.86. The first-order valence-electron chi connectivity index (χ1n) is 7.32. The smallest absolute Gasteiger partial charge is 0.422 e. The summed E-state index contributed by atoms with van der Waals surface area (Å²) in [5.41, 5.74) is 0.861. The fraction of sp³-hybridized carbons (Fsp3) is 0.167. The zero-order valence-corrected chi connectivity index (χ0v) is 13.2. The number of nitrogens with one attached hydrogen (secondary N) is 1. The third kappa shape index (κ3) is 6.21. The van der Waals surface area contributed by atoms with E-state index in [1.807, 2.05) is 0 Å². The minimum absolute atomic E-state index is 0.0686. The lowest BCUT2D eigenvalue weighted by Gasteiger charge is -2.10. The molecular formula is C18H16F3NO3. The van der Waals surface area contributed by atoms with Gasteiger partial charge in [-0.25, -0.2) is 0 Å². The highest BCUT2D eigenvalue weighted by molar-refractivity contribution is 6.04. The lowest BCUT2D eigenvalue weighted by atomic mass is 10.2. The van der Waals surface area contributed by atoms with Crippen molar-refractivity contribution < 1.29 is 27.4 Å². The topological polar surface area (TPSA) is 47.6 Å². The minimum Gasteiger partial charge on any atom is -0.490 e. The number of rotatable bonds is 7. The van der Waals surface area contributed by atoms with Crippen molar-refractivity contribution in [1.82, 2.24) is 0 Å². The Morgan fingerprint density at radius 1 is 1.00 bits per heavy atom. The second-order valence-electron chi connectivity index (χ2n) is 5.01. The molecule has 4 nitrogen and oxygen atoms in total. The maximum absolute atomic E-state index is 12.1. The predicted molar refractivity (Wildman–Crippen MR) is 88.1 cm³/mol. The van der Waals surface area contributed by atoms with Crippen LogP contribution in [-0.4, -0.2) is 25.3 Å². The largest absolute Gasteiger partial charge is 0.490 e. The zero-order chi connectivity index (χ0) is 18.3. The first-order chi connectivity index (χ1) is 11.9. The number of hydrogen-bond acceptors (Lipinski definition) is 3. The second kappa shape index (κ2) is 8.23. The highest BCUT2D eigenvalue weighted by atomic mass is 19.4. The average molecular weight is 351 g/mol. The Bertz CT molecular complexity index is 710. The number of benzene rings is 2. The highest BCUT2D eigenvalue weighted by Gasteiger charge is 2.28. The van der Waals surface area contributed by atoms with Crippen LogP contribution >= 0.6 is 0 Å². The Morgan fingerprint density at radius 2 is 1.56 bits per heavy atom. The zero-order valence-electron chi connectivity index (χ0n) is 13.2. The van der Waals surface area contributed by atoms with Gasteiger partial charge >= 0.3 is 6.18 Å². The molecule has 0 saturated carbocycles. The summed E-state index contributed by atoms with van der Waals surface area (Å²) in [7, 11) is 0. The van der Waals surface area contributed by atoms with Crippen LogP contribution < -0.4 is 14.8 Å². The number of amides is 1. The number of carbonyl (C=O) groups excluding carboxylic acids is 1. The van der Waals surface area contributed by atoms with E-state index in [2.05, 4.69) is 16.6 Å². The fourth-order valence-electron chi connectivity index (χ4n) is 1.86. The molecule has 2 rings (SSSR count). The van der Waals surface area contributed by atoms with E-state index in [0.29, 0.717) is 23.6 Å². The monoisotopic (exact) mass is 351 g/mol. The van der Waals surface area contributed by atoms with Gasteiger partial charge in [0.05, 0.1) is 0 Å². The summed E-state index contributed by atoms with van der Waals surface area (Å²) < 4.78 is 46.2. The highest BCUT2D eigenvalue weighted by Crippen LogP contribution is 2.21. The van der Waals surface area contributed by atoms with Crippen LogP contribution in [-0.2, 0) is 0 Å². The summed E-state index contributed by atoms with van der Waals surface area (Å²) in [5, 5.41) is 2.65. The predicted octanol–water partition coefficient (Wildman–Crippen LogP) is 4.44. The average Bonchev–Trinajstić information content (AvgIpc) is 2.59. The molecule has 7 heteroatoms. The first-order valence-corrected chi connectivity index (χ1v) is 7.32. The van der Waals surface area contributed by atoms with E-state index in [0.717, 1.165) is 0 Å². The van der Waals surface area contributed by atoms with Crippen molar-refractivity contribution in [2.75, 3.05) is 18.5 Å². The van der Waals surface area contributed by atoms with Gasteiger partial charge in [-0.1, -0.05) is 12.7 Å². The molecule has 2 aromatic carbocycles. The van der Waals surface area contributed by atoms with Gasteiger partial charge in [0.1, 0.15) is 18.1 Å². The number of ether oxygens (including phenoxy) is 2. The van der Waals surface area contributed by atoms with Crippen LogP contribution in [0.2, 0.25) is 0 Å². The summed E-state index contributed by atoms with van der Waals surface area (Å²) in [6.45, 7) is 2.55. The Balaban J connectivity index is 1.92. The van der Waals surface area contributed by atoms with Gasteiger partial charge in [-0.15, -0.1) is 0 Å². The normalized spacial score (nSPS) is 10.8. The molecular weight excluding hydrogens is 335 g/mol. The van der Waals surface area contributed by atoms with Crippen molar-refractivity contribution in [3.8, 4) is 11.5 Å². The van der Waals surface area contributed by atoms with Gasteiger partial charge in [0.15, 0.2) is 6.61 Å². The van der Waals surface area contributed by atoms with Crippen LogP contribution in [0.25, 0.3) is 0 Å². The lowest BCUT2D eigenvalue weighted by Crippen LogP contribution is -2.19. The molecule has 0 heterocycles. The first kappa shape index (κ1) is 18.4. The molecule has 0 spiro atoms. The molecule has 1 amide bonds. The van der Waals surface area contributed by atoms with Crippen LogP contribution in [0, 0.1) is 0 Å². The molecule has 0 aromatic heterocycles. The van der Waals surface area contributed by atoms with Crippen molar-refractivity contribution in [2.45, 2.75) is 6.18 Å². The number of hydrogen-bond donors (Lipinski definition) is 1. The quantitative estimate of drug-likeness (QED) is 0.750. The van der Waals surface area contributed by atoms with Crippen molar-refractivity contribution in [1.29, 1.82) is 0 Å². The maximum Gasteiger partial charge on any atom is 0.422 e. The Morgan fingerprint density at radius 3 is 2.12 bits per heavy atom. The van der Waals surface area contributed by atoms with E-state index in [1.54, 1.807) is 30.3 Å². The summed E-state index contributed by atoms with van der Waals surface area (Å²) >= 11 is 0. The van der Waals surface area contributed by atoms with Crippen LogP contribution in [0.3, 0.4) is 0 Å². The maximum atomic E-state index is 12.1. The van der Waals surface area contributed by atoms with Crippen LogP contribution in [0.1, 0.15) is 10.4 Å². The Kier molecular flexibility index (Phi) is 6.05. The van der Waals surface area contributed by atoms with Crippen LogP contribution in [0.5, 0.6) is 11.5 Å². The van der Waals surface area contributed by atoms with Crippen molar-refractivity contribution >= 4 is 11.6 Å².